The van der Waals surface area contributed by atoms with Gasteiger partial charge in [0, 0.05) is 13.2 Å². The van der Waals surface area contributed by atoms with Crippen molar-refractivity contribution in [3.05, 3.63) is 36.4 Å². The molecule has 0 aromatic heterocycles. The zero-order valence-electron chi connectivity index (χ0n) is 11.4. The molecular formula is C15H28O. The Labute approximate surface area is 102 Å². The molecule has 1 heteroatoms. The van der Waals surface area contributed by atoms with Crippen LogP contribution in [0.25, 0.3) is 0 Å². The predicted octanol–water partition coefficient (Wildman–Crippen LogP) is 4.93. The lowest BCUT2D eigenvalue weighted by Gasteiger charge is -1.86. The minimum absolute atomic E-state index is 0.844. The van der Waals surface area contributed by atoms with Crippen LogP contribution in [0.3, 0.4) is 0 Å². The molecule has 0 atom stereocenters. The lowest BCUT2D eigenvalue weighted by molar-refractivity contribution is 0.162. The van der Waals surface area contributed by atoms with E-state index in [2.05, 4.69) is 13.8 Å². The third-order valence-corrected chi connectivity index (χ3v) is 1.78. The van der Waals surface area contributed by atoms with E-state index in [0.717, 1.165) is 13.2 Å². The van der Waals surface area contributed by atoms with Crippen molar-refractivity contribution in [1.29, 1.82) is 0 Å². The van der Waals surface area contributed by atoms with Gasteiger partial charge in [-0.3, -0.25) is 0 Å². The van der Waals surface area contributed by atoms with Crippen LogP contribution in [0.2, 0.25) is 0 Å². The highest BCUT2D eigenvalue weighted by molar-refractivity contribution is 4.99. The van der Waals surface area contributed by atoms with E-state index in [1.54, 1.807) is 0 Å². The van der Waals surface area contributed by atoms with Gasteiger partial charge < -0.3 is 4.74 Å². The van der Waals surface area contributed by atoms with Gasteiger partial charge in [0.1, 0.15) is 0 Å². The molecule has 94 valence electrons. The number of ether oxygens (including phenoxy) is 1. The highest BCUT2D eigenvalue weighted by Crippen LogP contribution is 1.88. The van der Waals surface area contributed by atoms with Crippen LogP contribution in [0.15, 0.2) is 36.4 Å². The smallest absolute Gasteiger partial charge is 0.0437 e. The van der Waals surface area contributed by atoms with Gasteiger partial charge in [-0.2, -0.15) is 0 Å². The molecule has 16 heavy (non-hydrogen) atoms. The lowest BCUT2D eigenvalue weighted by Crippen LogP contribution is -1.84. The molecule has 1 aromatic rings. The second-order valence-corrected chi connectivity index (χ2v) is 3.29. The van der Waals surface area contributed by atoms with Gasteiger partial charge in [0.25, 0.3) is 0 Å². The van der Waals surface area contributed by atoms with Crippen molar-refractivity contribution < 1.29 is 4.74 Å². The average Bonchev–Trinajstić information content (AvgIpc) is 2.35. The van der Waals surface area contributed by atoms with Crippen LogP contribution < -0.4 is 0 Å². The number of benzene rings is 1. The minimum Gasteiger partial charge on any atom is -0.382 e. The van der Waals surface area contributed by atoms with Crippen molar-refractivity contribution in [3.8, 4) is 0 Å². The van der Waals surface area contributed by atoms with E-state index in [1.165, 1.54) is 19.3 Å². The summed E-state index contributed by atoms with van der Waals surface area (Å²) in [4.78, 5) is 0. The summed E-state index contributed by atoms with van der Waals surface area (Å²) in [6.45, 7) is 10.1. The Morgan fingerprint density at radius 2 is 0.938 bits per heavy atom. The van der Waals surface area contributed by atoms with E-state index in [1.807, 2.05) is 50.2 Å². The standard InChI is InChI=1S/C6H6.C5H12.C4H10O/c1-2-4-6-5-3-1;2*1-3-5-4-2/h1-6H;3-5H2,1-2H3;3-4H2,1-2H3. The second kappa shape index (κ2) is 19.7. The Kier molecular flexibility index (Phi) is 21.6. The topological polar surface area (TPSA) is 9.23 Å². The van der Waals surface area contributed by atoms with E-state index in [4.69, 9.17) is 4.74 Å². The molecule has 0 radical (unpaired) electrons. The first-order valence-corrected chi connectivity index (χ1v) is 6.41. The quantitative estimate of drug-likeness (QED) is 0.705. The molecule has 0 fully saturated rings. The highest BCUT2D eigenvalue weighted by atomic mass is 16.5. The summed E-state index contributed by atoms with van der Waals surface area (Å²) in [5.74, 6) is 0. The van der Waals surface area contributed by atoms with E-state index in [-0.39, 0.29) is 0 Å². The molecule has 0 saturated carbocycles. The summed E-state index contributed by atoms with van der Waals surface area (Å²) in [5, 5.41) is 0. The maximum Gasteiger partial charge on any atom is 0.0437 e. The van der Waals surface area contributed by atoms with Crippen molar-refractivity contribution in [3.63, 3.8) is 0 Å². The van der Waals surface area contributed by atoms with E-state index < -0.39 is 0 Å². The third kappa shape index (κ3) is 23.2. The van der Waals surface area contributed by atoms with Crippen LogP contribution in [0.5, 0.6) is 0 Å². The van der Waals surface area contributed by atoms with E-state index >= 15 is 0 Å². The van der Waals surface area contributed by atoms with Crippen LogP contribution in [0, 0.1) is 0 Å². The van der Waals surface area contributed by atoms with Crippen molar-refractivity contribution in [1.82, 2.24) is 0 Å². The largest absolute Gasteiger partial charge is 0.382 e. The molecule has 0 spiro atoms. The summed E-state index contributed by atoms with van der Waals surface area (Å²) < 4.78 is 4.83. The Balaban J connectivity index is 0. The lowest BCUT2D eigenvalue weighted by atomic mass is 10.3. The monoisotopic (exact) mass is 224 g/mol. The maximum absolute atomic E-state index is 4.83. The van der Waals surface area contributed by atoms with Crippen molar-refractivity contribution in [2.45, 2.75) is 47.0 Å². The molecule has 1 aromatic carbocycles. The van der Waals surface area contributed by atoms with Gasteiger partial charge in [0.05, 0.1) is 0 Å². The van der Waals surface area contributed by atoms with E-state index in [0.29, 0.717) is 0 Å². The Bertz CT molecular complexity index is 135. The van der Waals surface area contributed by atoms with Crippen molar-refractivity contribution in [2.75, 3.05) is 13.2 Å². The van der Waals surface area contributed by atoms with Gasteiger partial charge in [0.2, 0.25) is 0 Å². The van der Waals surface area contributed by atoms with Crippen molar-refractivity contribution in [2.24, 2.45) is 0 Å². The summed E-state index contributed by atoms with van der Waals surface area (Å²) in [6, 6.07) is 12.0. The number of rotatable bonds is 4. The zero-order chi connectivity index (χ0) is 12.5. The fourth-order valence-electron chi connectivity index (χ4n) is 0.943. The number of unbranched alkanes of at least 4 members (excludes halogenated alkanes) is 2. The van der Waals surface area contributed by atoms with Gasteiger partial charge in [-0.15, -0.1) is 0 Å². The van der Waals surface area contributed by atoms with E-state index in [9.17, 15) is 0 Å². The Morgan fingerprint density at radius 3 is 1.00 bits per heavy atom. The molecule has 0 amide bonds. The molecule has 1 rings (SSSR count). The molecule has 0 heterocycles. The van der Waals surface area contributed by atoms with Crippen LogP contribution in [-0.4, -0.2) is 13.2 Å². The molecule has 0 N–H and O–H groups in total. The predicted molar refractivity (Wildman–Crippen MR) is 73.8 cm³/mol. The Hall–Kier alpha value is -0.820. The summed E-state index contributed by atoms with van der Waals surface area (Å²) in [7, 11) is 0. The van der Waals surface area contributed by atoms with Crippen LogP contribution in [0.1, 0.15) is 47.0 Å². The van der Waals surface area contributed by atoms with Gasteiger partial charge in [-0.1, -0.05) is 69.5 Å². The first kappa shape index (κ1) is 17.6. The molecule has 0 bridgehead atoms. The molecule has 0 saturated heterocycles. The Morgan fingerprint density at radius 1 is 0.625 bits per heavy atom. The third-order valence-electron chi connectivity index (χ3n) is 1.78. The van der Waals surface area contributed by atoms with Gasteiger partial charge >= 0.3 is 0 Å². The van der Waals surface area contributed by atoms with Gasteiger partial charge in [-0.05, 0) is 13.8 Å². The molecule has 0 aliphatic heterocycles. The summed E-state index contributed by atoms with van der Waals surface area (Å²) >= 11 is 0. The molecule has 0 unspecified atom stereocenters. The van der Waals surface area contributed by atoms with Crippen molar-refractivity contribution >= 4 is 0 Å². The molecule has 0 aliphatic carbocycles. The molecule has 0 aliphatic rings. The van der Waals surface area contributed by atoms with Crippen LogP contribution >= 0.6 is 0 Å². The van der Waals surface area contributed by atoms with Crippen LogP contribution in [-0.2, 0) is 4.74 Å². The number of hydrogen-bond donors (Lipinski definition) is 0. The first-order valence-electron chi connectivity index (χ1n) is 6.41. The first-order chi connectivity index (χ1) is 7.83. The maximum atomic E-state index is 4.83. The fraction of sp³-hybridized carbons (Fsp3) is 0.600. The minimum atomic E-state index is 0.844. The normalized spacial score (nSPS) is 8.25. The highest BCUT2D eigenvalue weighted by Gasteiger charge is 1.68. The SMILES string of the molecule is CCCCC.CCOCC.c1ccccc1. The zero-order valence-corrected chi connectivity index (χ0v) is 11.4. The van der Waals surface area contributed by atoms with Gasteiger partial charge in [-0.25, -0.2) is 0 Å². The summed E-state index contributed by atoms with van der Waals surface area (Å²) in [6.07, 6.45) is 4.08. The molecule has 1 nitrogen and oxygen atoms in total. The molecular weight excluding hydrogens is 196 g/mol. The van der Waals surface area contributed by atoms with Crippen LogP contribution in [0.4, 0.5) is 0 Å². The van der Waals surface area contributed by atoms with Gasteiger partial charge in [0.15, 0.2) is 0 Å². The fourth-order valence-corrected chi connectivity index (χ4v) is 0.943. The second-order valence-electron chi connectivity index (χ2n) is 3.29. The average molecular weight is 224 g/mol. The summed E-state index contributed by atoms with van der Waals surface area (Å²) in [5.41, 5.74) is 0. The number of hydrogen-bond acceptors (Lipinski definition) is 1.